The Labute approximate surface area is 146 Å². The van der Waals surface area contributed by atoms with Gasteiger partial charge in [0, 0.05) is 12.2 Å². The van der Waals surface area contributed by atoms with E-state index in [0.717, 1.165) is 25.7 Å². The molecular formula is C20H32O4. The summed E-state index contributed by atoms with van der Waals surface area (Å²) in [5, 5.41) is 0. The van der Waals surface area contributed by atoms with Crippen molar-refractivity contribution in [1.29, 1.82) is 0 Å². The minimum atomic E-state index is -0.449. The smallest absolute Gasteiger partial charge is 0.331 e. The Morgan fingerprint density at radius 3 is 1.38 bits per heavy atom. The van der Waals surface area contributed by atoms with Crippen molar-refractivity contribution in [1.82, 2.24) is 0 Å². The first-order chi connectivity index (χ1) is 11.6. The van der Waals surface area contributed by atoms with Crippen LogP contribution in [0.3, 0.4) is 0 Å². The summed E-state index contributed by atoms with van der Waals surface area (Å²) in [7, 11) is 0. The lowest BCUT2D eigenvalue weighted by Crippen LogP contribution is -2.26. The summed E-state index contributed by atoms with van der Waals surface area (Å²) in [6, 6.07) is 0. The third-order valence-electron chi connectivity index (χ3n) is 5.59. The van der Waals surface area contributed by atoms with E-state index in [-0.39, 0.29) is 12.2 Å². The van der Waals surface area contributed by atoms with Gasteiger partial charge in [-0.1, -0.05) is 38.5 Å². The standard InChI is InChI=1S/C20H32O4/c1-15(17-9-5-3-6-10-17)23-19(21)13-14-20(22)24-16(2)18-11-7-4-8-12-18/h13-18H,3-12H2,1-2H3/b14-13-. The van der Waals surface area contributed by atoms with Crippen LogP contribution in [-0.4, -0.2) is 24.1 Å². The van der Waals surface area contributed by atoms with Crippen LogP contribution in [0.25, 0.3) is 0 Å². The minimum absolute atomic E-state index is 0.0837. The number of carbonyl (C=O) groups is 2. The van der Waals surface area contributed by atoms with Crippen LogP contribution < -0.4 is 0 Å². The van der Waals surface area contributed by atoms with E-state index < -0.39 is 11.9 Å². The van der Waals surface area contributed by atoms with Crippen LogP contribution in [-0.2, 0) is 19.1 Å². The summed E-state index contributed by atoms with van der Waals surface area (Å²) in [6.07, 6.45) is 14.2. The highest BCUT2D eigenvalue weighted by Crippen LogP contribution is 2.28. The number of carbonyl (C=O) groups excluding carboxylic acids is 2. The molecular weight excluding hydrogens is 304 g/mol. The number of rotatable bonds is 6. The topological polar surface area (TPSA) is 52.6 Å². The van der Waals surface area contributed by atoms with E-state index in [4.69, 9.17) is 9.47 Å². The van der Waals surface area contributed by atoms with Crippen LogP contribution in [0.2, 0.25) is 0 Å². The van der Waals surface area contributed by atoms with Gasteiger partial charge in [-0.05, 0) is 51.4 Å². The van der Waals surface area contributed by atoms with Gasteiger partial charge in [-0.25, -0.2) is 9.59 Å². The van der Waals surface area contributed by atoms with Crippen LogP contribution in [0.4, 0.5) is 0 Å². The monoisotopic (exact) mass is 336 g/mol. The lowest BCUT2D eigenvalue weighted by atomic mass is 9.86. The Kier molecular flexibility index (Phi) is 7.80. The Morgan fingerprint density at radius 2 is 1.04 bits per heavy atom. The summed E-state index contributed by atoms with van der Waals surface area (Å²) >= 11 is 0. The zero-order valence-electron chi connectivity index (χ0n) is 15.2. The largest absolute Gasteiger partial charge is 0.459 e. The second-order valence-electron chi connectivity index (χ2n) is 7.41. The number of ether oxygens (including phenoxy) is 2. The highest BCUT2D eigenvalue weighted by Gasteiger charge is 2.24. The highest BCUT2D eigenvalue weighted by atomic mass is 16.5. The molecule has 2 fully saturated rings. The maximum atomic E-state index is 11.9. The average Bonchev–Trinajstić information content (AvgIpc) is 2.61. The first-order valence-corrected chi connectivity index (χ1v) is 9.65. The van der Waals surface area contributed by atoms with Gasteiger partial charge < -0.3 is 9.47 Å². The predicted octanol–water partition coefficient (Wildman–Crippen LogP) is 4.57. The fraction of sp³-hybridized carbons (Fsp3) is 0.800. The van der Waals surface area contributed by atoms with Crippen molar-refractivity contribution in [2.45, 2.75) is 90.3 Å². The van der Waals surface area contributed by atoms with E-state index in [1.807, 2.05) is 13.8 Å². The third kappa shape index (κ3) is 6.29. The first-order valence-electron chi connectivity index (χ1n) is 9.65. The molecule has 0 heterocycles. The molecule has 2 aliphatic carbocycles. The third-order valence-corrected chi connectivity index (χ3v) is 5.59. The number of esters is 2. The zero-order chi connectivity index (χ0) is 17.4. The van der Waals surface area contributed by atoms with Crippen molar-refractivity contribution in [2.75, 3.05) is 0 Å². The van der Waals surface area contributed by atoms with Crippen molar-refractivity contribution in [2.24, 2.45) is 11.8 Å². The summed E-state index contributed by atoms with van der Waals surface area (Å²) in [5.74, 6) is 0.00874. The van der Waals surface area contributed by atoms with E-state index in [0.29, 0.717) is 11.8 Å². The van der Waals surface area contributed by atoms with Crippen LogP contribution >= 0.6 is 0 Å². The molecule has 24 heavy (non-hydrogen) atoms. The van der Waals surface area contributed by atoms with Crippen molar-refractivity contribution in [3.8, 4) is 0 Å². The summed E-state index contributed by atoms with van der Waals surface area (Å²) in [6.45, 7) is 3.90. The Balaban J connectivity index is 1.70. The van der Waals surface area contributed by atoms with E-state index in [9.17, 15) is 9.59 Å². The summed E-state index contributed by atoms with van der Waals surface area (Å²) in [4.78, 5) is 23.7. The Bertz CT molecular complexity index is 391. The van der Waals surface area contributed by atoms with Gasteiger partial charge in [0.05, 0.1) is 0 Å². The second-order valence-corrected chi connectivity index (χ2v) is 7.41. The molecule has 0 saturated heterocycles. The molecule has 2 saturated carbocycles. The molecule has 0 amide bonds. The predicted molar refractivity (Wildman–Crippen MR) is 93.4 cm³/mol. The fourth-order valence-electron chi connectivity index (χ4n) is 3.98. The van der Waals surface area contributed by atoms with Gasteiger partial charge in [-0.2, -0.15) is 0 Å². The van der Waals surface area contributed by atoms with Gasteiger partial charge in [0.15, 0.2) is 0 Å². The zero-order valence-corrected chi connectivity index (χ0v) is 15.2. The van der Waals surface area contributed by atoms with Crippen LogP contribution in [0, 0.1) is 11.8 Å². The molecule has 4 nitrogen and oxygen atoms in total. The lowest BCUT2D eigenvalue weighted by molar-refractivity contribution is -0.148. The molecule has 0 aromatic rings. The highest BCUT2D eigenvalue weighted by molar-refractivity contribution is 5.91. The first kappa shape index (κ1) is 19.0. The van der Waals surface area contributed by atoms with E-state index in [2.05, 4.69) is 0 Å². The van der Waals surface area contributed by atoms with Crippen LogP contribution in [0.15, 0.2) is 12.2 Å². The fourth-order valence-corrected chi connectivity index (χ4v) is 3.98. The Morgan fingerprint density at radius 1 is 0.708 bits per heavy atom. The maximum absolute atomic E-state index is 11.9. The quantitative estimate of drug-likeness (QED) is 0.527. The van der Waals surface area contributed by atoms with Crippen molar-refractivity contribution in [3.63, 3.8) is 0 Å². The van der Waals surface area contributed by atoms with Crippen LogP contribution in [0.5, 0.6) is 0 Å². The summed E-state index contributed by atoms with van der Waals surface area (Å²) in [5.41, 5.74) is 0. The molecule has 2 atom stereocenters. The molecule has 2 unspecified atom stereocenters. The molecule has 0 radical (unpaired) electrons. The van der Waals surface area contributed by atoms with Gasteiger partial charge in [0.1, 0.15) is 12.2 Å². The molecule has 0 spiro atoms. The normalized spacial score (nSPS) is 22.9. The molecule has 0 N–H and O–H groups in total. The molecule has 0 aromatic heterocycles. The molecule has 0 bridgehead atoms. The van der Waals surface area contributed by atoms with Crippen LogP contribution in [0.1, 0.15) is 78.1 Å². The van der Waals surface area contributed by atoms with Crippen molar-refractivity contribution >= 4 is 11.9 Å². The average molecular weight is 336 g/mol. The number of hydrogen-bond acceptors (Lipinski definition) is 4. The molecule has 0 aliphatic heterocycles. The van der Waals surface area contributed by atoms with Gasteiger partial charge in [-0.3, -0.25) is 0 Å². The molecule has 0 aromatic carbocycles. The molecule has 2 aliphatic rings. The van der Waals surface area contributed by atoms with Gasteiger partial charge >= 0.3 is 11.9 Å². The maximum Gasteiger partial charge on any atom is 0.331 e. The Hall–Kier alpha value is -1.32. The van der Waals surface area contributed by atoms with E-state index >= 15 is 0 Å². The molecule has 136 valence electrons. The minimum Gasteiger partial charge on any atom is -0.459 e. The lowest BCUT2D eigenvalue weighted by Gasteiger charge is -2.27. The summed E-state index contributed by atoms with van der Waals surface area (Å²) < 4.78 is 10.9. The van der Waals surface area contributed by atoms with Gasteiger partial charge in [-0.15, -0.1) is 0 Å². The molecule has 2 rings (SSSR count). The second kappa shape index (κ2) is 9.85. The van der Waals surface area contributed by atoms with E-state index in [1.54, 1.807) is 0 Å². The molecule has 4 heteroatoms. The SMILES string of the molecule is CC(OC(=O)/C=C\C(=O)OC(C)C1CCCCC1)C1CCCCC1. The van der Waals surface area contributed by atoms with Gasteiger partial charge in [0.25, 0.3) is 0 Å². The van der Waals surface area contributed by atoms with Crippen molar-refractivity contribution < 1.29 is 19.1 Å². The van der Waals surface area contributed by atoms with E-state index in [1.165, 1.54) is 50.7 Å². The van der Waals surface area contributed by atoms with Gasteiger partial charge in [0.2, 0.25) is 0 Å². The van der Waals surface area contributed by atoms with Crippen molar-refractivity contribution in [3.05, 3.63) is 12.2 Å². The number of hydrogen-bond donors (Lipinski definition) is 0.